The molecule has 0 spiro atoms. The second kappa shape index (κ2) is 9.57. The number of rotatable bonds is 0. The summed E-state index contributed by atoms with van der Waals surface area (Å²) in [6.07, 6.45) is 0. The van der Waals surface area contributed by atoms with Crippen LogP contribution in [-0.2, 0) is 0 Å². The molecule has 0 amide bonds. The van der Waals surface area contributed by atoms with Gasteiger partial charge in [-0.1, -0.05) is 0 Å². The van der Waals surface area contributed by atoms with Gasteiger partial charge in [-0.05, 0) is 0 Å². The summed E-state index contributed by atoms with van der Waals surface area (Å²) in [4.78, 5) is 0. The van der Waals surface area contributed by atoms with Crippen LogP contribution in [0.3, 0.4) is 0 Å². The normalized spacial score (nSPS) is 4.50. The Balaban J connectivity index is 0. The van der Waals surface area contributed by atoms with E-state index in [9.17, 15) is 0 Å². The van der Waals surface area contributed by atoms with Crippen molar-refractivity contribution in [1.82, 2.24) is 0 Å². The largest absolute Gasteiger partial charge is 0 e. The molecule has 0 bridgehead atoms. The van der Waals surface area contributed by atoms with Crippen molar-refractivity contribution in [2.45, 2.75) is 0 Å². The maximum atomic E-state index is 2.47. The van der Waals surface area contributed by atoms with Crippen LogP contribution in [0, 0.1) is 0 Å². The first-order valence-electron chi connectivity index (χ1n) is 0.378. The van der Waals surface area contributed by atoms with Gasteiger partial charge in [0.2, 0.25) is 0 Å². The third-order valence-electron chi connectivity index (χ3n) is 0. The molecule has 0 atom stereocenters. The molecule has 21 valence electrons. The molecule has 0 saturated carbocycles. The number of hydrogen-bond acceptors (Lipinski definition) is 0. The predicted octanol–water partition coefficient (Wildman–Crippen LogP) is 1.01. The van der Waals surface area contributed by atoms with Gasteiger partial charge in [0.15, 0.2) is 0 Å². The molecular weight excluding hydrogens is 665 g/mol. The van der Waals surface area contributed by atoms with Crippen molar-refractivity contribution in [3.63, 3.8) is 0 Å². The fraction of sp³-hybridized carbons (Fsp3) is 0. The van der Waals surface area contributed by atoms with Crippen molar-refractivity contribution in [2.24, 2.45) is 0 Å². The van der Waals surface area contributed by atoms with E-state index >= 15 is 0 Å². The van der Waals surface area contributed by atoms with E-state index in [1.54, 1.807) is 0 Å². The molecule has 4 heteroatoms. The molecule has 0 saturated heterocycles. The van der Waals surface area contributed by atoms with Crippen LogP contribution in [0.4, 0.5) is 0 Å². The average molecular weight is 665 g/mol. The summed E-state index contributed by atoms with van der Waals surface area (Å²) < 4.78 is 0. The van der Waals surface area contributed by atoms with Gasteiger partial charge in [-0.25, -0.2) is 0 Å². The van der Waals surface area contributed by atoms with E-state index in [4.69, 9.17) is 0 Å². The molecule has 0 fully saturated rings. The maximum absolute atomic E-state index is 2.47. The van der Waals surface area contributed by atoms with E-state index in [1.807, 2.05) is 0 Å². The standard InChI is InChI=1S/2HI.Pb.Tl/h2*1H;;/q;;+2;/p-2. The maximum Gasteiger partial charge on any atom is 0 e. The fourth-order valence-corrected chi connectivity index (χ4v) is 0. The Morgan fingerprint density at radius 2 is 1.25 bits per heavy atom. The quantitative estimate of drug-likeness (QED) is 0.268. The molecule has 0 aromatic rings. The van der Waals surface area contributed by atoms with Crippen LogP contribution in [0.25, 0.3) is 0 Å². The molecule has 0 N–H and O–H groups in total. The number of hydrogen-bond donors (Lipinski definition) is 0. The van der Waals surface area contributed by atoms with Gasteiger partial charge >= 0.3 is 51.2 Å². The summed E-state index contributed by atoms with van der Waals surface area (Å²) in [6, 6.07) is 0. The van der Waals surface area contributed by atoms with Crippen molar-refractivity contribution < 1.29 is 0 Å². The molecule has 0 rings (SSSR count). The first kappa shape index (κ1) is 10.3. The molecule has 0 aromatic heterocycles. The van der Waals surface area contributed by atoms with Crippen LogP contribution < -0.4 is 0 Å². The summed E-state index contributed by atoms with van der Waals surface area (Å²) >= 11 is 4.96. The SMILES string of the molecule is [I][Pb][I].[Tl]. The minimum Gasteiger partial charge on any atom is 0 e. The third-order valence-corrected chi connectivity index (χ3v) is 0. The van der Waals surface area contributed by atoms with Crippen molar-refractivity contribution in [3.8, 4) is 0 Å². The van der Waals surface area contributed by atoms with Crippen LogP contribution in [0.15, 0.2) is 0 Å². The zero-order valence-electron chi connectivity index (χ0n) is 1.83. The Kier molecular flexibility index (Phi) is 24.7. The van der Waals surface area contributed by atoms with Gasteiger partial charge in [-0.15, -0.1) is 0 Å². The summed E-state index contributed by atoms with van der Waals surface area (Å²) in [5.74, 6) is 0. The molecule has 3 radical (unpaired) electrons. The second-order valence-electron chi connectivity index (χ2n) is 0.0714. The third kappa shape index (κ3) is 9.00. The molecular formula is I2PbTl. The van der Waals surface area contributed by atoms with Crippen molar-refractivity contribution >= 4 is 78.5 Å². The minimum atomic E-state index is 0. The predicted molar refractivity (Wildman–Crippen MR) is 39.5 cm³/mol. The molecule has 0 heterocycles. The van der Waals surface area contributed by atoms with Gasteiger partial charge in [0.1, 0.15) is 0 Å². The van der Waals surface area contributed by atoms with Gasteiger partial charge in [0.05, 0.1) is 0 Å². The molecule has 0 unspecified atom stereocenters. The Morgan fingerprint density at radius 3 is 1.25 bits per heavy atom. The van der Waals surface area contributed by atoms with Crippen LogP contribution in [-0.4, -0.2) is 42.9 Å². The van der Waals surface area contributed by atoms with E-state index in [2.05, 4.69) is 35.5 Å². The van der Waals surface area contributed by atoms with Crippen LogP contribution in [0.5, 0.6) is 0 Å². The average Bonchev–Trinajstić information content (AvgIpc) is 0.918. The van der Waals surface area contributed by atoms with Crippen molar-refractivity contribution in [1.29, 1.82) is 0 Å². The zero-order chi connectivity index (χ0) is 2.71. The summed E-state index contributed by atoms with van der Waals surface area (Å²) in [5.41, 5.74) is 0. The first-order valence-corrected chi connectivity index (χ1v) is 22.2. The summed E-state index contributed by atoms with van der Waals surface area (Å²) in [5, 5.41) is 0. The monoisotopic (exact) mass is 667 g/mol. The van der Waals surface area contributed by atoms with Crippen molar-refractivity contribution in [3.05, 3.63) is 0 Å². The van der Waals surface area contributed by atoms with Crippen LogP contribution >= 0.6 is 35.5 Å². The van der Waals surface area contributed by atoms with E-state index in [1.165, 1.54) is 0 Å². The van der Waals surface area contributed by atoms with E-state index in [-0.39, 0.29) is 42.9 Å². The Labute approximate surface area is 76.1 Å². The van der Waals surface area contributed by atoms with Crippen LogP contribution in [0.1, 0.15) is 0 Å². The van der Waals surface area contributed by atoms with Crippen LogP contribution in [0.2, 0.25) is 0 Å². The van der Waals surface area contributed by atoms with Gasteiger partial charge in [-0.3, -0.25) is 0 Å². The zero-order valence-corrected chi connectivity index (χ0v) is 14.5. The van der Waals surface area contributed by atoms with E-state index in [0.29, 0.717) is 0 Å². The molecule has 0 aromatic carbocycles. The smallest absolute Gasteiger partial charge is 0 e. The Bertz CT molecular complexity index is 6.00. The molecule has 0 aliphatic carbocycles. The molecule has 0 aliphatic heterocycles. The molecule has 0 nitrogen and oxygen atoms in total. The fourth-order valence-electron chi connectivity index (χ4n) is 0. The second-order valence-corrected chi connectivity index (χ2v) is 28.2. The van der Waals surface area contributed by atoms with E-state index < -0.39 is 0 Å². The summed E-state index contributed by atoms with van der Waals surface area (Å²) in [6.45, 7) is 0. The topological polar surface area (TPSA) is 0 Å². The van der Waals surface area contributed by atoms with Gasteiger partial charge < -0.3 is 0 Å². The number of halogens is 2. The molecule has 0 aliphatic rings. The minimum absolute atomic E-state index is 0. The van der Waals surface area contributed by atoms with Crippen molar-refractivity contribution in [2.75, 3.05) is 0 Å². The van der Waals surface area contributed by atoms with Gasteiger partial charge in [0.25, 0.3) is 0 Å². The molecule has 4 heavy (non-hydrogen) atoms. The Hall–Kier alpha value is 3.30. The van der Waals surface area contributed by atoms with E-state index in [0.717, 1.165) is 0 Å². The Morgan fingerprint density at radius 1 is 1.25 bits per heavy atom. The summed E-state index contributed by atoms with van der Waals surface area (Å²) in [7, 11) is 0. The van der Waals surface area contributed by atoms with Gasteiger partial charge in [-0.2, -0.15) is 0 Å². The first-order chi connectivity index (χ1) is 1.41. The van der Waals surface area contributed by atoms with Gasteiger partial charge in [0, 0.05) is 27.3 Å².